The molecule has 9 heteroatoms. The monoisotopic (exact) mass is 606 g/mol. The van der Waals surface area contributed by atoms with Crippen molar-refractivity contribution in [2.24, 2.45) is 0 Å². The molecule has 0 amide bonds. The van der Waals surface area contributed by atoms with Crippen molar-refractivity contribution in [2.75, 3.05) is 0 Å². The van der Waals surface area contributed by atoms with Gasteiger partial charge in [0.1, 0.15) is 11.2 Å². The maximum absolute atomic E-state index is 6.44. The first-order valence-corrected chi connectivity index (χ1v) is 15.2. The highest BCUT2D eigenvalue weighted by Crippen LogP contribution is 2.41. The summed E-state index contributed by atoms with van der Waals surface area (Å²) in [6.45, 7) is 0. The van der Waals surface area contributed by atoms with Crippen LogP contribution in [0.3, 0.4) is 0 Å². The van der Waals surface area contributed by atoms with E-state index in [0.717, 1.165) is 60.3 Å². The van der Waals surface area contributed by atoms with Gasteiger partial charge in [0.15, 0.2) is 17.2 Å². The topological polar surface area (TPSA) is 100 Å². The second-order valence-electron chi connectivity index (χ2n) is 11.3. The lowest BCUT2D eigenvalue weighted by molar-refractivity contribution is 0.574. The Kier molecular flexibility index (Phi) is 5.38. The standard InChI is InChI=1S/C38H22N8O/c1-4-15-30-24(11-1)26-18-19-27-25-12-2-5-16-31(25)46(38-41-28-13-3-6-17-32(28)47-38)34(27)33(26)45(30)37-43-35(23-10-9-20-39-22-23)42-36(44-37)29-14-7-8-21-40-29/h1-22H. The van der Waals surface area contributed by atoms with Gasteiger partial charge in [-0.1, -0.05) is 66.7 Å². The Morgan fingerprint density at radius 2 is 1.21 bits per heavy atom. The number of pyridine rings is 2. The third-order valence-electron chi connectivity index (χ3n) is 8.58. The second-order valence-corrected chi connectivity index (χ2v) is 11.3. The Hall–Kier alpha value is -6.74. The second kappa shape index (κ2) is 9.88. The predicted molar refractivity (Wildman–Crippen MR) is 183 cm³/mol. The highest BCUT2D eigenvalue weighted by atomic mass is 16.4. The smallest absolute Gasteiger partial charge is 0.307 e. The number of nitrogens with zero attached hydrogens (tertiary/aromatic N) is 8. The van der Waals surface area contributed by atoms with Crippen LogP contribution in [0.2, 0.25) is 0 Å². The molecule has 0 aliphatic rings. The Bertz CT molecular complexity index is 2710. The van der Waals surface area contributed by atoms with Gasteiger partial charge in [0.2, 0.25) is 5.95 Å². The average Bonchev–Trinajstić information content (AvgIpc) is 3.82. The number of benzene rings is 4. The molecule has 0 aliphatic carbocycles. The first kappa shape index (κ1) is 25.6. The molecule has 9 nitrogen and oxygen atoms in total. The SMILES string of the molecule is c1ccc(-c2nc(-c3cccnc3)nc(-n3c4ccccc4c4ccc5c6ccccc6n(-c6nc7ccccc7o6)c5c43)n2)nc1. The van der Waals surface area contributed by atoms with Gasteiger partial charge in [-0.3, -0.25) is 19.1 Å². The Labute approximate surface area is 266 Å². The van der Waals surface area contributed by atoms with Gasteiger partial charge in [-0.15, -0.1) is 0 Å². The summed E-state index contributed by atoms with van der Waals surface area (Å²) in [6.07, 6.45) is 5.24. The zero-order valence-electron chi connectivity index (χ0n) is 24.7. The van der Waals surface area contributed by atoms with Crippen LogP contribution < -0.4 is 0 Å². The Morgan fingerprint density at radius 1 is 0.511 bits per heavy atom. The average molecular weight is 607 g/mol. The van der Waals surface area contributed by atoms with Crippen LogP contribution >= 0.6 is 0 Å². The van der Waals surface area contributed by atoms with Gasteiger partial charge in [-0.25, -0.2) is 4.98 Å². The molecule has 10 aromatic rings. The van der Waals surface area contributed by atoms with Crippen LogP contribution in [0.25, 0.3) is 89.6 Å². The molecule has 0 fully saturated rings. The van der Waals surface area contributed by atoms with Crippen molar-refractivity contribution in [3.05, 3.63) is 134 Å². The summed E-state index contributed by atoms with van der Waals surface area (Å²) in [6, 6.07) is 38.9. The molecule has 0 aliphatic heterocycles. The quantitative estimate of drug-likeness (QED) is 0.199. The van der Waals surface area contributed by atoms with E-state index in [1.165, 1.54) is 0 Å². The maximum Gasteiger partial charge on any atom is 0.307 e. The molecule has 0 saturated heterocycles. The molecule has 0 radical (unpaired) electrons. The van der Waals surface area contributed by atoms with Crippen molar-refractivity contribution in [2.45, 2.75) is 0 Å². The summed E-state index contributed by atoms with van der Waals surface area (Å²) >= 11 is 0. The number of aromatic nitrogens is 8. The van der Waals surface area contributed by atoms with E-state index in [0.29, 0.717) is 29.3 Å². The zero-order valence-corrected chi connectivity index (χ0v) is 24.7. The van der Waals surface area contributed by atoms with Gasteiger partial charge in [0.05, 0.1) is 22.1 Å². The lowest BCUT2D eigenvalue weighted by atomic mass is 10.1. The maximum atomic E-state index is 6.44. The van der Waals surface area contributed by atoms with Crippen molar-refractivity contribution >= 4 is 54.7 Å². The van der Waals surface area contributed by atoms with Crippen LogP contribution in [0.5, 0.6) is 0 Å². The van der Waals surface area contributed by atoms with Crippen molar-refractivity contribution in [1.82, 2.24) is 39.0 Å². The first-order chi connectivity index (χ1) is 23.3. The van der Waals surface area contributed by atoms with Crippen LogP contribution in [-0.4, -0.2) is 39.0 Å². The molecule has 6 heterocycles. The lowest BCUT2D eigenvalue weighted by Crippen LogP contribution is -2.07. The molecule has 10 rings (SSSR count). The van der Waals surface area contributed by atoms with Crippen molar-refractivity contribution in [3.63, 3.8) is 0 Å². The molecule has 0 saturated carbocycles. The largest absolute Gasteiger partial charge is 0.423 e. The molecule has 220 valence electrons. The molecular weight excluding hydrogens is 584 g/mol. The van der Waals surface area contributed by atoms with Crippen molar-refractivity contribution < 1.29 is 4.42 Å². The summed E-state index contributed by atoms with van der Waals surface area (Å²) in [5.41, 5.74) is 6.75. The molecule has 0 spiro atoms. The minimum absolute atomic E-state index is 0.465. The summed E-state index contributed by atoms with van der Waals surface area (Å²) in [4.78, 5) is 28.9. The van der Waals surface area contributed by atoms with E-state index in [2.05, 4.69) is 67.6 Å². The number of para-hydroxylation sites is 4. The Morgan fingerprint density at radius 3 is 1.96 bits per heavy atom. The van der Waals surface area contributed by atoms with E-state index in [-0.39, 0.29) is 0 Å². The fourth-order valence-corrected chi connectivity index (χ4v) is 6.56. The molecule has 0 bridgehead atoms. The molecular formula is C38H22N8O. The minimum Gasteiger partial charge on any atom is -0.423 e. The van der Waals surface area contributed by atoms with Gasteiger partial charge in [-0.2, -0.15) is 15.0 Å². The third kappa shape index (κ3) is 3.83. The molecule has 4 aromatic carbocycles. The van der Waals surface area contributed by atoms with Crippen molar-refractivity contribution in [3.8, 4) is 34.9 Å². The van der Waals surface area contributed by atoms with Crippen LogP contribution in [0.15, 0.2) is 138 Å². The number of fused-ring (bicyclic) bond motifs is 8. The number of rotatable bonds is 4. The number of hydrogen-bond donors (Lipinski definition) is 0. The molecule has 47 heavy (non-hydrogen) atoms. The molecule has 6 aromatic heterocycles. The first-order valence-electron chi connectivity index (χ1n) is 15.2. The van der Waals surface area contributed by atoms with E-state index in [1.54, 1.807) is 18.6 Å². The lowest BCUT2D eigenvalue weighted by Gasteiger charge is -2.11. The van der Waals surface area contributed by atoms with E-state index in [9.17, 15) is 0 Å². The summed E-state index contributed by atoms with van der Waals surface area (Å²) < 4.78 is 10.7. The summed E-state index contributed by atoms with van der Waals surface area (Å²) in [7, 11) is 0. The summed E-state index contributed by atoms with van der Waals surface area (Å²) in [5, 5.41) is 4.27. The van der Waals surface area contributed by atoms with Gasteiger partial charge < -0.3 is 4.42 Å². The highest BCUT2D eigenvalue weighted by molar-refractivity contribution is 6.23. The van der Waals surface area contributed by atoms with Crippen molar-refractivity contribution in [1.29, 1.82) is 0 Å². The third-order valence-corrected chi connectivity index (χ3v) is 8.58. The Balaban J connectivity index is 1.39. The summed E-state index contributed by atoms with van der Waals surface area (Å²) in [5.74, 6) is 1.43. The van der Waals surface area contributed by atoms with E-state index in [4.69, 9.17) is 24.4 Å². The van der Waals surface area contributed by atoms with Gasteiger partial charge in [-0.05, 0) is 48.5 Å². The van der Waals surface area contributed by atoms with E-state index in [1.807, 2.05) is 66.7 Å². The fraction of sp³-hybridized carbons (Fsp3) is 0. The number of hydrogen-bond acceptors (Lipinski definition) is 7. The molecule has 0 atom stereocenters. The van der Waals surface area contributed by atoms with E-state index < -0.39 is 0 Å². The van der Waals surface area contributed by atoms with Crippen LogP contribution in [-0.2, 0) is 0 Å². The highest BCUT2D eigenvalue weighted by Gasteiger charge is 2.25. The fourth-order valence-electron chi connectivity index (χ4n) is 6.56. The van der Waals surface area contributed by atoms with Gasteiger partial charge in [0, 0.05) is 45.7 Å². The predicted octanol–water partition coefficient (Wildman–Crippen LogP) is 8.33. The minimum atomic E-state index is 0.465. The number of oxazole rings is 1. The van der Waals surface area contributed by atoms with Crippen LogP contribution in [0, 0.1) is 0 Å². The van der Waals surface area contributed by atoms with Crippen LogP contribution in [0.4, 0.5) is 0 Å². The molecule has 0 unspecified atom stereocenters. The van der Waals surface area contributed by atoms with Gasteiger partial charge >= 0.3 is 6.01 Å². The zero-order chi connectivity index (χ0) is 30.9. The normalized spacial score (nSPS) is 11.8. The van der Waals surface area contributed by atoms with Crippen LogP contribution in [0.1, 0.15) is 0 Å². The van der Waals surface area contributed by atoms with Gasteiger partial charge in [0.25, 0.3) is 0 Å². The van der Waals surface area contributed by atoms with E-state index >= 15 is 0 Å². The molecule has 0 N–H and O–H groups in total.